The predicted octanol–water partition coefficient (Wildman–Crippen LogP) is 1.15. The van der Waals surface area contributed by atoms with E-state index in [4.69, 9.17) is 5.26 Å². The van der Waals surface area contributed by atoms with Crippen LogP contribution in [0.4, 0.5) is 0 Å². The van der Waals surface area contributed by atoms with Crippen LogP contribution in [0.15, 0.2) is 16.9 Å². The second-order valence-corrected chi connectivity index (χ2v) is 3.54. The molecule has 1 rings (SSSR count). The van der Waals surface area contributed by atoms with E-state index in [-0.39, 0.29) is 6.04 Å². The van der Waals surface area contributed by atoms with Crippen LogP contribution >= 0.6 is 15.9 Å². The Morgan fingerprint density at radius 2 is 2.62 bits per heavy atom. The van der Waals surface area contributed by atoms with E-state index in [9.17, 15) is 0 Å². The molecule has 1 heterocycles. The topological polar surface area (TPSA) is 53.6 Å². The number of aromatic nitrogens is 2. The van der Waals surface area contributed by atoms with Gasteiger partial charge in [-0.3, -0.25) is 4.68 Å². The fourth-order valence-electron chi connectivity index (χ4n) is 1.02. The van der Waals surface area contributed by atoms with Crippen molar-refractivity contribution in [3.63, 3.8) is 0 Å². The highest BCUT2D eigenvalue weighted by molar-refractivity contribution is 9.10. The molecule has 0 spiro atoms. The van der Waals surface area contributed by atoms with E-state index < -0.39 is 0 Å². The highest BCUT2D eigenvalue weighted by Crippen LogP contribution is 2.06. The molecule has 70 valence electrons. The lowest BCUT2D eigenvalue weighted by molar-refractivity contribution is 0.501. The van der Waals surface area contributed by atoms with Gasteiger partial charge in [-0.15, -0.1) is 0 Å². The monoisotopic (exact) mass is 242 g/mol. The lowest BCUT2D eigenvalue weighted by atomic mass is 10.3. The van der Waals surface area contributed by atoms with E-state index >= 15 is 0 Å². The molecule has 13 heavy (non-hydrogen) atoms. The maximum Gasteiger partial charge on any atom is 0.115 e. The molecule has 1 aromatic heterocycles. The molecular formula is C8H11BrN4. The van der Waals surface area contributed by atoms with Crippen LogP contribution in [-0.2, 0) is 6.54 Å². The molecule has 0 radical (unpaired) electrons. The quantitative estimate of drug-likeness (QED) is 0.862. The number of nitrogens with one attached hydrogen (secondary N) is 1. The molecule has 0 amide bonds. The van der Waals surface area contributed by atoms with E-state index in [0.29, 0.717) is 6.54 Å². The Labute approximate surface area is 85.7 Å². The van der Waals surface area contributed by atoms with Gasteiger partial charge in [0.2, 0.25) is 0 Å². The van der Waals surface area contributed by atoms with Crippen LogP contribution in [0.3, 0.4) is 0 Å². The zero-order chi connectivity index (χ0) is 9.68. The zero-order valence-corrected chi connectivity index (χ0v) is 8.95. The summed E-state index contributed by atoms with van der Waals surface area (Å²) in [5, 5.41) is 15.9. The molecule has 0 saturated heterocycles. The van der Waals surface area contributed by atoms with Crippen molar-refractivity contribution in [3.05, 3.63) is 16.9 Å². The van der Waals surface area contributed by atoms with Gasteiger partial charge in [-0.05, 0) is 22.5 Å². The van der Waals surface area contributed by atoms with Gasteiger partial charge < -0.3 is 5.32 Å². The standard InChI is InChI=1S/C8H11BrN4/c1-2-11-8(3-10)6-13-5-7(9)4-12-13/h4-5,8,11H,2,6H2,1H3. The van der Waals surface area contributed by atoms with Gasteiger partial charge in [0.05, 0.1) is 23.3 Å². The predicted molar refractivity (Wildman–Crippen MR) is 53.0 cm³/mol. The largest absolute Gasteiger partial charge is 0.301 e. The summed E-state index contributed by atoms with van der Waals surface area (Å²) in [5.74, 6) is 0. The van der Waals surface area contributed by atoms with Crippen molar-refractivity contribution in [2.24, 2.45) is 0 Å². The summed E-state index contributed by atoms with van der Waals surface area (Å²) < 4.78 is 2.67. The Kier molecular flexibility index (Phi) is 3.93. The van der Waals surface area contributed by atoms with Gasteiger partial charge in [0.25, 0.3) is 0 Å². The van der Waals surface area contributed by atoms with E-state index in [0.717, 1.165) is 11.0 Å². The summed E-state index contributed by atoms with van der Waals surface area (Å²) in [6.45, 7) is 3.35. The average molecular weight is 243 g/mol. The number of nitriles is 1. The average Bonchev–Trinajstić information content (AvgIpc) is 2.50. The molecule has 1 unspecified atom stereocenters. The minimum atomic E-state index is -0.170. The first kappa shape index (κ1) is 10.2. The van der Waals surface area contributed by atoms with Crippen LogP contribution in [0.2, 0.25) is 0 Å². The fraction of sp³-hybridized carbons (Fsp3) is 0.500. The van der Waals surface area contributed by atoms with Gasteiger partial charge in [-0.1, -0.05) is 6.92 Å². The molecule has 0 saturated carbocycles. The molecule has 1 N–H and O–H groups in total. The van der Waals surface area contributed by atoms with Crippen molar-refractivity contribution in [1.29, 1.82) is 5.26 Å². The van der Waals surface area contributed by atoms with Gasteiger partial charge in [0.15, 0.2) is 0 Å². The molecule has 0 bridgehead atoms. The van der Waals surface area contributed by atoms with Gasteiger partial charge in [0.1, 0.15) is 6.04 Å². The van der Waals surface area contributed by atoms with Gasteiger partial charge >= 0.3 is 0 Å². The summed E-state index contributed by atoms with van der Waals surface area (Å²) in [6.07, 6.45) is 3.56. The van der Waals surface area contributed by atoms with E-state index in [1.54, 1.807) is 10.9 Å². The van der Waals surface area contributed by atoms with Crippen LogP contribution in [0.5, 0.6) is 0 Å². The maximum absolute atomic E-state index is 8.76. The smallest absolute Gasteiger partial charge is 0.115 e. The van der Waals surface area contributed by atoms with Crippen molar-refractivity contribution < 1.29 is 0 Å². The second-order valence-electron chi connectivity index (χ2n) is 2.62. The first-order valence-electron chi connectivity index (χ1n) is 4.07. The number of hydrogen-bond donors (Lipinski definition) is 1. The lowest BCUT2D eigenvalue weighted by Gasteiger charge is -2.08. The first-order valence-corrected chi connectivity index (χ1v) is 4.86. The van der Waals surface area contributed by atoms with Crippen LogP contribution < -0.4 is 5.32 Å². The van der Waals surface area contributed by atoms with E-state index in [1.165, 1.54) is 0 Å². The van der Waals surface area contributed by atoms with E-state index in [1.807, 2.05) is 13.1 Å². The first-order chi connectivity index (χ1) is 6.26. The minimum absolute atomic E-state index is 0.170. The Balaban J connectivity index is 2.52. The van der Waals surface area contributed by atoms with Crippen LogP contribution in [-0.4, -0.2) is 22.4 Å². The van der Waals surface area contributed by atoms with Crippen LogP contribution in [0, 0.1) is 11.3 Å². The highest BCUT2D eigenvalue weighted by atomic mass is 79.9. The van der Waals surface area contributed by atoms with E-state index in [2.05, 4.69) is 32.4 Å². The number of halogens is 1. The SMILES string of the molecule is CCNC(C#N)Cn1cc(Br)cn1. The molecular weight excluding hydrogens is 232 g/mol. The van der Waals surface area contributed by atoms with Crippen molar-refractivity contribution >= 4 is 15.9 Å². The second kappa shape index (κ2) is 5.00. The summed E-state index contributed by atoms with van der Waals surface area (Å²) in [5.41, 5.74) is 0. The highest BCUT2D eigenvalue weighted by Gasteiger charge is 2.06. The molecule has 0 aliphatic rings. The number of nitrogens with zero attached hydrogens (tertiary/aromatic N) is 3. The normalized spacial score (nSPS) is 12.4. The fourth-order valence-corrected chi connectivity index (χ4v) is 1.35. The summed E-state index contributed by atoms with van der Waals surface area (Å²) >= 11 is 3.30. The van der Waals surface area contributed by atoms with Crippen LogP contribution in [0.1, 0.15) is 6.92 Å². The Hall–Kier alpha value is -0.860. The summed E-state index contributed by atoms with van der Waals surface area (Å²) in [6, 6.07) is 2.00. The van der Waals surface area contributed by atoms with Crippen LogP contribution in [0.25, 0.3) is 0 Å². The lowest BCUT2D eigenvalue weighted by Crippen LogP contribution is -2.31. The number of rotatable bonds is 4. The third-order valence-electron chi connectivity index (χ3n) is 1.58. The number of likely N-dealkylation sites (N-methyl/N-ethyl adjacent to an activating group) is 1. The molecule has 0 aromatic carbocycles. The van der Waals surface area contributed by atoms with Crippen molar-refractivity contribution in [2.75, 3.05) is 6.54 Å². The minimum Gasteiger partial charge on any atom is -0.301 e. The number of hydrogen-bond acceptors (Lipinski definition) is 3. The molecule has 0 fully saturated rings. The molecule has 4 nitrogen and oxygen atoms in total. The third-order valence-corrected chi connectivity index (χ3v) is 1.99. The summed E-state index contributed by atoms with van der Waals surface area (Å²) in [4.78, 5) is 0. The zero-order valence-electron chi connectivity index (χ0n) is 7.37. The molecule has 0 aliphatic heterocycles. The van der Waals surface area contributed by atoms with Gasteiger partial charge in [-0.2, -0.15) is 10.4 Å². The third kappa shape index (κ3) is 3.17. The molecule has 1 aromatic rings. The summed E-state index contributed by atoms with van der Waals surface area (Å²) in [7, 11) is 0. The maximum atomic E-state index is 8.76. The van der Waals surface area contributed by atoms with Crippen molar-refractivity contribution in [1.82, 2.24) is 15.1 Å². The van der Waals surface area contributed by atoms with Gasteiger partial charge in [0, 0.05) is 6.20 Å². The molecule has 5 heteroatoms. The Bertz CT molecular complexity index is 301. The van der Waals surface area contributed by atoms with Crippen molar-refractivity contribution in [3.8, 4) is 6.07 Å². The Morgan fingerprint density at radius 1 is 1.85 bits per heavy atom. The Morgan fingerprint density at radius 3 is 3.08 bits per heavy atom. The molecule has 1 atom stereocenters. The van der Waals surface area contributed by atoms with Gasteiger partial charge in [-0.25, -0.2) is 0 Å². The molecule has 0 aliphatic carbocycles. The van der Waals surface area contributed by atoms with Crippen molar-refractivity contribution in [2.45, 2.75) is 19.5 Å².